The van der Waals surface area contributed by atoms with Gasteiger partial charge in [-0.25, -0.2) is 0 Å². The van der Waals surface area contributed by atoms with E-state index in [1.165, 1.54) is 50.5 Å². The maximum Gasteiger partial charge on any atom is 0.0318 e. The summed E-state index contributed by atoms with van der Waals surface area (Å²) >= 11 is 7.13. The second-order valence-electron chi connectivity index (χ2n) is 5.10. The minimum absolute atomic E-state index is 0.458. The van der Waals surface area contributed by atoms with Crippen molar-refractivity contribution in [1.29, 1.82) is 0 Å². The van der Waals surface area contributed by atoms with Gasteiger partial charge in [0.15, 0.2) is 0 Å². The van der Waals surface area contributed by atoms with Crippen molar-refractivity contribution in [1.82, 2.24) is 5.32 Å². The van der Waals surface area contributed by atoms with Crippen molar-refractivity contribution in [3.8, 4) is 0 Å². The Balaban J connectivity index is 2.40. The number of benzene rings is 1. The Kier molecular flexibility index (Phi) is 9.01. The molecule has 19 heavy (non-hydrogen) atoms. The maximum absolute atomic E-state index is 3.56. The lowest BCUT2D eigenvalue weighted by atomic mass is 10.00. The van der Waals surface area contributed by atoms with E-state index in [-0.39, 0.29) is 0 Å². The van der Waals surface area contributed by atoms with Gasteiger partial charge in [-0.3, -0.25) is 0 Å². The lowest BCUT2D eigenvalue weighted by molar-refractivity contribution is 0.497. The summed E-state index contributed by atoms with van der Waals surface area (Å²) in [5.41, 5.74) is 1.36. The van der Waals surface area contributed by atoms with Crippen LogP contribution in [-0.4, -0.2) is 7.05 Å². The lowest BCUT2D eigenvalue weighted by Gasteiger charge is -2.17. The topological polar surface area (TPSA) is 12.0 Å². The SMILES string of the molecule is CCCCCCCCC(NC)c1cc(Br)cc(Br)c1. The van der Waals surface area contributed by atoms with Crippen LogP contribution in [0.2, 0.25) is 0 Å². The minimum Gasteiger partial charge on any atom is -0.313 e. The Morgan fingerprint density at radius 1 is 0.947 bits per heavy atom. The predicted octanol–water partition coefficient (Wildman–Crippen LogP) is 6.22. The first-order valence-corrected chi connectivity index (χ1v) is 8.89. The van der Waals surface area contributed by atoms with E-state index in [0.717, 1.165) is 8.95 Å². The molecule has 1 aromatic carbocycles. The summed E-state index contributed by atoms with van der Waals surface area (Å²) in [5.74, 6) is 0. The van der Waals surface area contributed by atoms with Crippen LogP contribution in [0.4, 0.5) is 0 Å². The molecule has 0 spiro atoms. The highest BCUT2D eigenvalue weighted by Crippen LogP contribution is 2.27. The van der Waals surface area contributed by atoms with Crippen molar-refractivity contribution in [2.24, 2.45) is 0 Å². The Labute approximate surface area is 134 Å². The highest BCUT2D eigenvalue weighted by molar-refractivity contribution is 9.11. The number of hydrogen-bond donors (Lipinski definition) is 1. The molecule has 1 rings (SSSR count). The van der Waals surface area contributed by atoms with E-state index >= 15 is 0 Å². The first-order chi connectivity index (χ1) is 9.17. The van der Waals surface area contributed by atoms with Crippen LogP contribution in [0.25, 0.3) is 0 Å². The fraction of sp³-hybridized carbons (Fsp3) is 0.625. The number of halogens is 2. The molecule has 0 saturated carbocycles. The molecule has 0 saturated heterocycles. The summed E-state index contributed by atoms with van der Waals surface area (Å²) in [5, 5.41) is 3.43. The van der Waals surface area contributed by atoms with Gasteiger partial charge in [0.05, 0.1) is 0 Å². The molecule has 1 unspecified atom stereocenters. The molecular weight excluding hydrogens is 366 g/mol. The Hall–Kier alpha value is 0.140. The van der Waals surface area contributed by atoms with Crippen molar-refractivity contribution in [3.05, 3.63) is 32.7 Å². The van der Waals surface area contributed by atoms with Gasteiger partial charge in [0.1, 0.15) is 0 Å². The Morgan fingerprint density at radius 3 is 2.11 bits per heavy atom. The third-order valence-corrected chi connectivity index (χ3v) is 4.40. The largest absolute Gasteiger partial charge is 0.313 e. The van der Waals surface area contributed by atoms with Gasteiger partial charge in [-0.2, -0.15) is 0 Å². The van der Waals surface area contributed by atoms with Gasteiger partial charge in [0.2, 0.25) is 0 Å². The average molecular weight is 391 g/mol. The van der Waals surface area contributed by atoms with E-state index in [4.69, 9.17) is 0 Å². The molecule has 0 amide bonds. The summed E-state index contributed by atoms with van der Waals surface area (Å²) in [6, 6.07) is 6.97. The van der Waals surface area contributed by atoms with E-state index in [1.807, 2.05) is 0 Å². The van der Waals surface area contributed by atoms with E-state index in [0.29, 0.717) is 6.04 Å². The fourth-order valence-electron chi connectivity index (χ4n) is 2.38. The van der Waals surface area contributed by atoms with Crippen molar-refractivity contribution in [2.45, 2.75) is 57.9 Å². The summed E-state index contributed by atoms with van der Waals surface area (Å²) in [6.45, 7) is 2.27. The third kappa shape index (κ3) is 6.92. The molecule has 1 aromatic rings. The van der Waals surface area contributed by atoms with Gasteiger partial charge in [-0.15, -0.1) is 0 Å². The highest BCUT2D eigenvalue weighted by Gasteiger charge is 2.10. The van der Waals surface area contributed by atoms with E-state index in [9.17, 15) is 0 Å². The molecular formula is C16H25Br2N. The molecule has 108 valence electrons. The average Bonchev–Trinajstić information content (AvgIpc) is 2.37. The van der Waals surface area contributed by atoms with Crippen molar-refractivity contribution < 1.29 is 0 Å². The van der Waals surface area contributed by atoms with Crippen molar-refractivity contribution in [2.75, 3.05) is 7.05 Å². The molecule has 3 heteroatoms. The van der Waals surface area contributed by atoms with E-state index in [1.54, 1.807) is 0 Å². The van der Waals surface area contributed by atoms with Gasteiger partial charge >= 0.3 is 0 Å². The highest BCUT2D eigenvalue weighted by atomic mass is 79.9. The zero-order chi connectivity index (χ0) is 14.1. The standard InChI is InChI=1S/C16H25Br2N/c1-3-4-5-6-7-8-9-16(19-2)13-10-14(17)12-15(18)11-13/h10-12,16,19H,3-9H2,1-2H3. The summed E-state index contributed by atoms with van der Waals surface area (Å²) in [7, 11) is 2.05. The summed E-state index contributed by atoms with van der Waals surface area (Å²) in [4.78, 5) is 0. The van der Waals surface area contributed by atoms with Gasteiger partial charge < -0.3 is 5.32 Å². The third-order valence-electron chi connectivity index (χ3n) is 3.48. The summed E-state index contributed by atoms with van der Waals surface area (Å²) in [6.07, 6.45) is 9.35. The smallest absolute Gasteiger partial charge is 0.0318 e. The van der Waals surface area contributed by atoms with Gasteiger partial charge in [0.25, 0.3) is 0 Å². The molecule has 0 fully saturated rings. The molecule has 0 aliphatic rings. The first kappa shape index (κ1) is 17.2. The van der Waals surface area contributed by atoms with Gasteiger partial charge in [-0.05, 0) is 37.2 Å². The fourth-order valence-corrected chi connectivity index (χ4v) is 3.71. The molecule has 1 nitrogen and oxygen atoms in total. The van der Waals surface area contributed by atoms with Crippen molar-refractivity contribution in [3.63, 3.8) is 0 Å². The maximum atomic E-state index is 3.56. The minimum atomic E-state index is 0.458. The molecule has 0 bridgehead atoms. The van der Waals surface area contributed by atoms with E-state index in [2.05, 4.69) is 69.3 Å². The lowest BCUT2D eigenvalue weighted by Crippen LogP contribution is -2.16. The van der Waals surface area contributed by atoms with Crippen LogP contribution in [0.15, 0.2) is 27.1 Å². The van der Waals surface area contributed by atoms with Crippen LogP contribution in [-0.2, 0) is 0 Å². The van der Waals surface area contributed by atoms with Crippen LogP contribution < -0.4 is 5.32 Å². The molecule has 0 aromatic heterocycles. The summed E-state index contributed by atoms with van der Waals surface area (Å²) < 4.78 is 2.28. The second kappa shape index (κ2) is 9.95. The monoisotopic (exact) mass is 389 g/mol. The van der Waals surface area contributed by atoms with E-state index < -0.39 is 0 Å². The molecule has 0 aliphatic heterocycles. The normalized spacial score (nSPS) is 12.6. The Morgan fingerprint density at radius 2 is 1.53 bits per heavy atom. The van der Waals surface area contributed by atoms with Crippen LogP contribution in [0.1, 0.15) is 63.5 Å². The zero-order valence-electron chi connectivity index (χ0n) is 12.0. The Bertz CT molecular complexity index is 346. The molecule has 1 atom stereocenters. The molecule has 0 heterocycles. The quantitative estimate of drug-likeness (QED) is 0.493. The van der Waals surface area contributed by atoms with Gasteiger partial charge in [-0.1, -0.05) is 77.3 Å². The van der Waals surface area contributed by atoms with Crippen LogP contribution >= 0.6 is 31.9 Å². The predicted molar refractivity (Wildman–Crippen MR) is 91.6 cm³/mol. The first-order valence-electron chi connectivity index (χ1n) is 7.30. The number of nitrogens with one attached hydrogen (secondary N) is 1. The molecule has 1 N–H and O–H groups in total. The second-order valence-corrected chi connectivity index (χ2v) is 6.93. The number of hydrogen-bond acceptors (Lipinski definition) is 1. The van der Waals surface area contributed by atoms with Crippen LogP contribution in [0, 0.1) is 0 Å². The number of rotatable bonds is 9. The molecule has 0 radical (unpaired) electrons. The van der Waals surface area contributed by atoms with Gasteiger partial charge in [0, 0.05) is 15.0 Å². The van der Waals surface area contributed by atoms with Crippen LogP contribution in [0.3, 0.4) is 0 Å². The zero-order valence-corrected chi connectivity index (χ0v) is 15.2. The number of unbranched alkanes of at least 4 members (excludes halogenated alkanes) is 5. The van der Waals surface area contributed by atoms with Crippen LogP contribution in [0.5, 0.6) is 0 Å². The van der Waals surface area contributed by atoms with Crippen molar-refractivity contribution >= 4 is 31.9 Å². The molecule has 0 aliphatic carbocycles.